The van der Waals surface area contributed by atoms with Crippen molar-refractivity contribution in [1.82, 2.24) is 10.2 Å². The summed E-state index contributed by atoms with van der Waals surface area (Å²) in [6.45, 7) is 0. The molecule has 1 aliphatic carbocycles. The van der Waals surface area contributed by atoms with Gasteiger partial charge in [-0.15, -0.1) is 10.2 Å². The van der Waals surface area contributed by atoms with Crippen LogP contribution in [-0.4, -0.2) is 34.8 Å². The number of thioether (sulfide) groups is 1. The largest absolute Gasteiger partial charge is 0.497 e. The second kappa shape index (κ2) is 11.9. The minimum atomic E-state index is -0.712. The van der Waals surface area contributed by atoms with Crippen LogP contribution in [0, 0.1) is 11.3 Å². The zero-order valence-electron chi connectivity index (χ0n) is 21.1. The van der Waals surface area contributed by atoms with E-state index < -0.39 is 5.92 Å². The molecular weight excluding hydrogens is 591 g/mol. The maximum absolute atomic E-state index is 13.3. The van der Waals surface area contributed by atoms with E-state index in [4.69, 9.17) is 33.7 Å². The molecule has 0 bridgehead atoms. The first-order chi connectivity index (χ1) is 19.3. The fraction of sp³-hybridized carbons (Fsp3) is 0.222. The maximum atomic E-state index is 13.3. The van der Waals surface area contributed by atoms with Crippen LogP contribution in [0.4, 0.5) is 10.8 Å². The SMILES string of the molecule is COc1cccc(NC(=O)CSc2nnc(N3C(N)=C(C#N)C(c4ccc(Cl)cc4Cl)C4=C3CCCC4=O)s2)c1. The van der Waals surface area contributed by atoms with Gasteiger partial charge in [0.2, 0.25) is 11.0 Å². The molecule has 9 nitrogen and oxygen atoms in total. The molecule has 0 radical (unpaired) electrons. The van der Waals surface area contributed by atoms with Crippen LogP contribution in [0.15, 0.2) is 69.5 Å². The lowest BCUT2D eigenvalue weighted by Crippen LogP contribution is -2.38. The predicted molar refractivity (Wildman–Crippen MR) is 157 cm³/mol. The standard InChI is InChI=1S/C27H22Cl2N6O3S2/c1-38-16-5-2-4-15(11-16)32-22(37)13-39-27-34-33-26(40-27)35-20-6-3-7-21(36)24(20)23(18(12-30)25(35)31)17-9-8-14(28)10-19(17)29/h2,4-5,8-11,23H,3,6-7,13,31H2,1H3,(H,32,37). The minimum Gasteiger partial charge on any atom is -0.497 e. The molecule has 0 fully saturated rings. The fourth-order valence-corrected chi connectivity index (χ4v) is 6.93. The van der Waals surface area contributed by atoms with Gasteiger partial charge in [-0.3, -0.25) is 14.5 Å². The van der Waals surface area contributed by atoms with Crippen molar-refractivity contribution < 1.29 is 14.3 Å². The average molecular weight is 614 g/mol. The summed E-state index contributed by atoms with van der Waals surface area (Å²) in [5, 5.41) is 22.7. The number of ketones is 1. The van der Waals surface area contributed by atoms with Crippen LogP contribution < -0.4 is 20.7 Å². The van der Waals surface area contributed by atoms with Crippen molar-refractivity contribution in [2.75, 3.05) is 23.1 Å². The Hall–Kier alpha value is -3.56. The summed E-state index contributed by atoms with van der Waals surface area (Å²) in [6.07, 6.45) is 1.55. The first-order valence-corrected chi connectivity index (χ1v) is 14.7. The molecule has 40 heavy (non-hydrogen) atoms. The highest BCUT2D eigenvalue weighted by Gasteiger charge is 2.42. The van der Waals surface area contributed by atoms with Crippen LogP contribution in [0.2, 0.25) is 10.0 Å². The van der Waals surface area contributed by atoms with E-state index >= 15 is 0 Å². The van der Waals surface area contributed by atoms with Crippen molar-refractivity contribution >= 4 is 68.8 Å². The number of carbonyl (C=O) groups is 2. The van der Waals surface area contributed by atoms with Gasteiger partial charge in [-0.05, 0) is 42.7 Å². The molecule has 13 heteroatoms. The monoisotopic (exact) mass is 612 g/mol. The van der Waals surface area contributed by atoms with E-state index in [1.807, 2.05) is 0 Å². The Balaban J connectivity index is 1.42. The highest BCUT2D eigenvalue weighted by molar-refractivity contribution is 8.01. The molecule has 204 valence electrons. The van der Waals surface area contributed by atoms with Gasteiger partial charge in [-0.1, -0.05) is 58.4 Å². The van der Waals surface area contributed by atoms with Crippen molar-refractivity contribution in [1.29, 1.82) is 5.26 Å². The predicted octanol–water partition coefficient (Wildman–Crippen LogP) is 5.89. The van der Waals surface area contributed by atoms with E-state index in [1.165, 1.54) is 23.1 Å². The number of nitriles is 1. The van der Waals surface area contributed by atoms with Gasteiger partial charge in [0.15, 0.2) is 10.1 Å². The van der Waals surface area contributed by atoms with Crippen molar-refractivity contribution in [3.8, 4) is 11.8 Å². The number of nitrogens with one attached hydrogen (secondary N) is 1. The Morgan fingerprint density at radius 1 is 1.27 bits per heavy atom. The van der Waals surface area contributed by atoms with Gasteiger partial charge in [0, 0.05) is 39.5 Å². The normalized spacial score (nSPS) is 17.0. The molecule has 2 aliphatic rings. The Morgan fingerprint density at radius 3 is 2.85 bits per heavy atom. The van der Waals surface area contributed by atoms with E-state index in [0.29, 0.717) is 67.0 Å². The van der Waals surface area contributed by atoms with Crippen LogP contribution in [0.3, 0.4) is 0 Å². The second-order valence-electron chi connectivity index (χ2n) is 8.90. The summed E-state index contributed by atoms with van der Waals surface area (Å²) in [5.41, 5.74) is 9.14. The lowest BCUT2D eigenvalue weighted by molar-refractivity contribution is -0.116. The molecule has 3 N–H and O–H groups in total. The molecule has 1 unspecified atom stereocenters. The molecule has 1 aromatic heterocycles. The molecule has 5 rings (SSSR count). The van der Waals surface area contributed by atoms with Crippen LogP contribution in [0.1, 0.15) is 30.7 Å². The molecule has 1 amide bonds. The Bertz CT molecular complexity index is 1610. The number of anilines is 2. The van der Waals surface area contributed by atoms with E-state index in [1.54, 1.807) is 54.5 Å². The number of amides is 1. The minimum absolute atomic E-state index is 0.0733. The first-order valence-electron chi connectivity index (χ1n) is 12.1. The zero-order chi connectivity index (χ0) is 28.4. The lowest BCUT2D eigenvalue weighted by atomic mass is 9.76. The maximum Gasteiger partial charge on any atom is 0.234 e. The highest BCUT2D eigenvalue weighted by Crippen LogP contribution is 2.48. The van der Waals surface area contributed by atoms with Crippen molar-refractivity contribution in [2.45, 2.75) is 29.5 Å². The van der Waals surface area contributed by atoms with Gasteiger partial charge in [0.05, 0.1) is 30.4 Å². The molecule has 0 saturated carbocycles. The molecule has 2 heterocycles. The van der Waals surface area contributed by atoms with Crippen molar-refractivity contribution in [3.63, 3.8) is 0 Å². The van der Waals surface area contributed by atoms with E-state index in [0.717, 1.165) is 0 Å². The van der Waals surface area contributed by atoms with Crippen LogP contribution in [0.5, 0.6) is 5.75 Å². The summed E-state index contributed by atoms with van der Waals surface area (Å²) >= 11 is 15.1. The molecular formula is C27H22Cl2N6O3S2. The number of rotatable bonds is 7. The highest BCUT2D eigenvalue weighted by atomic mass is 35.5. The number of benzene rings is 2. The third-order valence-corrected chi connectivity index (χ3v) is 9.06. The number of nitrogens with zero attached hydrogens (tertiary/aromatic N) is 4. The van der Waals surface area contributed by atoms with Gasteiger partial charge < -0.3 is 15.8 Å². The van der Waals surface area contributed by atoms with Crippen molar-refractivity contribution in [3.05, 3.63) is 80.7 Å². The number of Topliss-reactive ketones (excluding diaryl/α,β-unsaturated/α-hetero) is 1. The molecule has 2 aromatic carbocycles. The second-order valence-corrected chi connectivity index (χ2v) is 11.9. The van der Waals surface area contributed by atoms with Gasteiger partial charge in [0.1, 0.15) is 11.6 Å². The molecule has 0 saturated heterocycles. The summed E-state index contributed by atoms with van der Waals surface area (Å²) in [4.78, 5) is 27.5. The number of hydrogen-bond donors (Lipinski definition) is 2. The number of aromatic nitrogens is 2. The van der Waals surface area contributed by atoms with E-state index in [2.05, 4.69) is 21.6 Å². The number of halogens is 2. The zero-order valence-corrected chi connectivity index (χ0v) is 24.3. The smallest absolute Gasteiger partial charge is 0.234 e. The average Bonchev–Trinajstić information content (AvgIpc) is 3.40. The number of allylic oxidation sites excluding steroid dienone is 3. The van der Waals surface area contributed by atoms with Crippen LogP contribution in [-0.2, 0) is 9.59 Å². The van der Waals surface area contributed by atoms with E-state index in [9.17, 15) is 14.9 Å². The van der Waals surface area contributed by atoms with Crippen LogP contribution >= 0.6 is 46.3 Å². The summed E-state index contributed by atoms with van der Waals surface area (Å²) in [6, 6.07) is 14.3. The summed E-state index contributed by atoms with van der Waals surface area (Å²) in [7, 11) is 1.56. The topological polar surface area (TPSA) is 134 Å². The Morgan fingerprint density at radius 2 is 2.10 bits per heavy atom. The summed E-state index contributed by atoms with van der Waals surface area (Å²) in [5.74, 6) is -0.102. The molecule has 1 atom stereocenters. The number of hydrogen-bond acceptors (Lipinski definition) is 10. The van der Waals surface area contributed by atoms with Crippen molar-refractivity contribution in [2.24, 2.45) is 5.73 Å². The number of methoxy groups -OCH3 is 1. The number of nitrogens with two attached hydrogens (primary N) is 1. The van der Waals surface area contributed by atoms with Gasteiger partial charge in [0.25, 0.3) is 0 Å². The van der Waals surface area contributed by atoms with Gasteiger partial charge in [-0.25, -0.2) is 0 Å². The van der Waals surface area contributed by atoms with Gasteiger partial charge in [-0.2, -0.15) is 5.26 Å². The Labute approximate surface area is 248 Å². The number of carbonyl (C=O) groups excluding carboxylic acids is 2. The quantitative estimate of drug-likeness (QED) is 0.313. The fourth-order valence-electron chi connectivity index (χ4n) is 4.73. The molecule has 0 spiro atoms. The van der Waals surface area contributed by atoms with Crippen LogP contribution in [0.25, 0.3) is 0 Å². The third kappa shape index (κ3) is 5.53. The third-order valence-electron chi connectivity index (χ3n) is 6.45. The number of ether oxygens (including phenoxy) is 1. The molecule has 1 aliphatic heterocycles. The first kappa shape index (κ1) is 28.0. The Kier molecular flexibility index (Phi) is 8.32. The summed E-state index contributed by atoms with van der Waals surface area (Å²) < 4.78 is 5.72. The molecule has 3 aromatic rings. The lowest BCUT2D eigenvalue weighted by Gasteiger charge is -2.38. The van der Waals surface area contributed by atoms with Gasteiger partial charge >= 0.3 is 0 Å². The van der Waals surface area contributed by atoms with E-state index in [-0.39, 0.29) is 28.8 Å².